The number of carbonyl (C=O) groups is 1. The Morgan fingerprint density at radius 1 is 1.52 bits per heavy atom. The molecule has 0 saturated carbocycles. The summed E-state index contributed by atoms with van der Waals surface area (Å²) in [6.07, 6.45) is 0.330. The van der Waals surface area contributed by atoms with Gasteiger partial charge in [-0.15, -0.1) is 0 Å². The van der Waals surface area contributed by atoms with E-state index in [1.807, 2.05) is 25.7 Å². The van der Waals surface area contributed by atoms with Gasteiger partial charge in [0.25, 0.3) is 5.56 Å². The first-order chi connectivity index (χ1) is 10.8. The fourth-order valence-electron chi connectivity index (χ4n) is 2.41. The van der Waals surface area contributed by atoms with Gasteiger partial charge >= 0.3 is 6.09 Å². The lowest BCUT2D eigenvalue weighted by Gasteiger charge is -2.22. The van der Waals surface area contributed by atoms with Crippen molar-refractivity contribution in [2.75, 3.05) is 25.1 Å². The number of H-pyrrole nitrogens is 1. The van der Waals surface area contributed by atoms with Crippen molar-refractivity contribution in [1.82, 2.24) is 15.3 Å². The minimum Gasteiger partial charge on any atom is -0.444 e. The third kappa shape index (κ3) is 5.24. The van der Waals surface area contributed by atoms with Crippen molar-refractivity contribution in [2.45, 2.75) is 45.4 Å². The molecule has 2 heterocycles. The third-order valence-electron chi connectivity index (χ3n) is 3.28. The number of alkyl carbamates (subject to hydrolysis) is 1. The summed E-state index contributed by atoms with van der Waals surface area (Å²) in [5.74, 6) is 0.498. The third-order valence-corrected chi connectivity index (χ3v) is 3.28. The molecule has 8 nitrogen and oxygen atoms in total. The van der Waals surface area contributed by atoms with Gasteiger partial charge in [-0.1, -0.05) is 0 Å². The van der Waals surface area contributed by atoms with Crippen LogP contribution >= 0.6 is 0 Å². The van der Waals surface area contributed by atoms with E-state index in [-0.39, 0.29) is 18.2 Å². The molecule has 23 heavy (non-hydrogen) atoms. The predicted octanol–water partition coefficient (Wildman–Crippen LogP) is 1.02. The van der Waals surface area contributed by atoms with Crippen molar-refractivity contribution in [1.29, 1.82) is 0 Å². The number of hydrogen-bond donors (Lipinski definition) is 2. The summed E-state index contributed by atoms with van der Waals surface area (Å²) in [5, 5.41) is 2.84. The van der Waals surface area contributed by atoms with Crippen LogP contribution in [0.5, 0.6) is 0 Å². The number of anilines is 1. The molecule has 0 bridgehead atoms. The van der Waals surface area contributed by atoms with Crippen molar-refractivity contribution in [2.24, 2.45) is 0 Å². The average molecular weight is 324 g/mol. The smallest absolute Gasteiger partial charge is 0.407 e. The van der Waals surface area contributed by atoms with E-state index < -0.39 is 11.7 Å². The Hall–Kier alpha value is -2.09. The van der Waals surface area contributed by atoms with E-state index >= 15 is 0 Å². The monoisotopic (exact) mass is 324 g/mol. The molecule has 1 aromatic rings. The topological polar surface area (TPSA) is 96.6 Å². The highest BCUT2D eigenvalue weighted by atomic mass is 16.6. The van der Waals surface area contributed by atoms with Crippen LogP contribution in [0, 0.1) is 0 Å². The Balaban J connectivity index is 1.97. The van der Waals surface area contributed by atoms with Gasteiger partial charge in [0.05, 0.1) is 18.3 Å². The van der Waals surface area contributed by atoms with Gasteiger partial charge in [0, 0.05) is 26.3 Å². The fourth-order valence-corrected chi connectivity index (χ4v) is 2.41. The van der Waals surface area contributed by atoms with E-state index in [4.69, 9.17) is 9.47 Å². The fraction of sp³-hybridized carbons (Fsp3) is 0.667. The quantitative estimate of drug-likeness (QED) is 0.858. The summed E-state index contributed by atoms with van der Waals surface area (Å²) in [6, 6.07) is 1.38. The molecule has 1 aromatic heterocycles. The van der Waals surface area contributed by atoms with Crippen LogP contribution in [0.25, 0.3) is 0 Å². The van der Waals surface area contributed by atoms with Crippen molar-refractivity contribution in [3.8, 4) is 0 Å². The molecule has 1 atom stereocenters. The van der Waals surface area contributed by atoms with Crippen LogP contribution in [-0.4, -0.2) is 47.9 Å². The highest BCUT2D eigenvalue weighted by molar-refractivity contribution is 5.68. The van der Waals surface area contributed by atoms with Crippen LogP contribution in [0.4, 0.5) is 10.7 Å². The Bertz CT molecular complexity index is 608. The number of carbonyl (C=O) groups excluding carboxylic acids is 1. The maximum atomic E-state index is 11.8. The number of methoxy groups -OCH3 is 1. The van der Waals surface area contributed by atoms with Gasteiger partial charge in [0.1, 0.15) is 5.60 Å². The molecule has 0 aliphatic carbocycles. The van der Waals surface area contributed by atoms with Gasteiger partial charge in [-0.25, -0.2) is 9.78 Å². The first kappa shape index (κ1) is 17.3. The van der Waals surface area contributed by atoms with Crippen molar-refractivity contribution >= 4 is 12.0 Å². The van der Waals surface area contributed by atoms with E-state index in [1.165, 1.54) is 6.07 Å². The molecule has 0 spiro atoms. The molecular formula is C15H24N4O4. The maximum absolute atomic E-state index is 11.8. The standard InChI is InChI=1S/C15H24N4O4/c1-15(2,3)23-14(21)17-10-5-6-19(8-10)13-16-11(9-22-4)7-12(20)18-13/h7,10H,5-6,8-9H2,1-4H3,(H,17,21)(H,16,18,20). The summed E-state index contributed by atoms with van der Waals surface area (Å²) >= 11 is 0. The number of aromatic nitrogens is 2. The number of aromatic amines is 1. The summed E-state index contributed by atoms with van der Waals surface area (Å²) in [5.41, 5.74) is -0.163. The summed E-state index contributed by atoms with van der Waals surface area (Å²) in [6.45, 7) is 7.01. The summed E-state index contributed by atoms with van der Waals surface area (Å²) < 4.78 is 10.3. The van der Waals surface area contributed by atoms with Crippen molar-refractivity contribution in [3.63, 3.8) is 0 Å². The molecular weight excluding hydrogens is 300 g/mol. The minimum absolute atomic E-state index is 0.0405. The van der Waals surface area contributed by atoms with Crippen LogP contribution in [0.15, 0.2) is 10.9 Å². The number of nitrogens with zero attached hydrogens (tertiary/aromatic N) is 2. The SMILES string of the molecule is COCc1cc(=O)[nH]c(N2CCC(NC(=O)OC(C)(C)C)C2)n1. The lowest BCUT2D eigenvalue weighted by atomic mass is 10.2. The van der Waals surface area contributed by atoms with Crippen LogP contribution in [-0.2, 0) is 16.1 Å². The number of amides is 1. The molecule has 8 heteroatoms. The Morgan fingerprint density at radius 2 is 2.26 bits per heavy atom. The van der Waals surface area contributed by atoms with E-state index in [0.717, 1.165) is 6.42 Å². The molecule has 2 rings (SSSR count). The lowest BCUT2D eigenvalue weighted by molar-refractivity contribution is 0.0509. The first-order valence-corrected chi connectivity index (χ1v) is 7.60. The molecule has 1 amide bonds. The number of rotatable bonds is 4. The summed E-state index contributed by atoms with van der Waals surface area (Å²) in [4.78, 5) is 32.5. The van der Waals surface area contributed by atoms with Gasteiger partial charge in [0.2, 0.25) is 5.95 Å². The average Bonchev–Trinajstić information content (AvgIpc) is 2.84. The van der Waals surface area contributed by atoms with Crippen LogP contribution in [0.1, 0.15) is 32.9 Å². The molecule has 1 aliphatic heterocycles. The Morgan fingerprint density at radius 3 is 2.91 bits per heavy atom. The summed E-state index contributed by atoms with van der Waals surface area (Å²) in [7, 11) is 1.55. The molecule has 1 saturated heterocycles. The number of hydrogen-bond acceptors (Lipinski definition) is 6. The molecule has 2 N–H and O–H groups in total. The predicted molar refractivity (Wildman–Crippen MR) is 85.6 cm³/mol. The second-order valence-electron chi connectivity index (χ2n) is 6.57. The molecule has 1 fully saturated rings. The lowest BCUT2D eigenvalue weighted by Crippen LogP contribution is -2.40. The normalized spacial score (nSPS) is 18.1. The highest BCUT2D eigenvalue weighted by Crippen LogP contribution is 2.16. The van der Waals surface area contributed by atoms with E-state index in [2.05, 4.69) is 15.3 Å². The molecule has 128 valence electrons. The number of nitrogens with one attached hydrogen (secondary N) is 2. The molecule has 1 aliphatic rings. The molecule has 0 radical (unpaired) electrons. The van der Waals surface area contributed by atoms with Gasteiger partial charge in [-0.05, 0) is 27.2 Å². The Kier molecular flexibility index (Phi) is 5.25. The largest absolute Gasteiger partial charge is 0.444 e. The van der Waals surface area contributed by atoms with Crippen LogP contribution < -0.4 is 15.8 Å². The van der Waals surface area contributed by atoms with Crippen LogP contribution in [0.3, 0.4) is 0 Å². The van der Waals surface area contributed by atoms with Gasteiger partial charge in [-0.3, -0.25) is 9.78 Å². The van der Waals surface area contributed by atoms with E-state index in [9.17, 15) is 9.59 Å². The second-order valence-corrected chi connectivity index (χ2v) is 6.57. The zero-order valence-electron chi connectivity index (χ0n) is 14.0. The van der Waals surface area contributed by atoms with Gasteiger partial charge < -0.3 is 19.7 Å². The zero-order chi connectivity index (χ0) is 17.0. The maximum Gasteiger partial charge on any atom is 0.407 e. The number of ether oxygens (including phenoxy) is 2. The van der Waals surface area contributed by atoms with E-state index in [1.54, 1.807) is 7.11 Å². The molecule has 1 unspecified atom stereocenters. The van der Waals surface area contributed by atoms with Gasteiger partial charge in [0.15, 0.2) is 0 Å². The molecule has 0 aromatic carbocycles. The Labute approximate surface area is 135 Å². The van der Waals surface area contributed by atoms with Crippen molar-refractivity contribution in [3.05, 3.63) is 22.1 Å². The second kappa shape index (κ2) is 6.99. The van der Waals surface area contributed by atoms with Gasteiger partial charge in [-0.2, -0.15) is 0 Å². The zero-order valence-corrected chi connectivity index (χ0v) is 14.0. The van der Waals surface area contributed by atoms with Crippen LogP contribution in [0.2, 0.25) is 0 Å². The first-order valence-electron chi connectivity index (χ1n) is 7.60. The minimum atomic E-state index is -0.524. The van der Waals surface area contributed by atoms with Crippen molar-refractivity contribution < 1.29 is 14.3 Å². The highest BCUT2D eigenvalue weighted by Gasteiger charge is 2.27. The van der Waals surface area contributed by atoms with E-state index in [0.29, 0.717) is 24.7 Å².